The van der Waals surface area contributed by atoms with Crippen LogP contribution in [0.1, 0.15) is 36.9 Å². The summed E-state index contributed by atoms with van der Waals surface area (Å²) < 4.78 is 5.63. The first-order valence-corrected chi connectivity index (χ1v) is 7.12. The molecule has 1 fully saturated rings. The van der Waals surface area contributed by atoms with Crippen LogP contribution in [0, 0.1) is 6.92 Å². The van der Waals surface area contributed by atoms with E-state index in [9.17, 15) is 0 Å². The van der Waals surface area contributed by atoms with Crippen molar-refractivity contribution in [1.82, 2.24) is 4.90 Å². The minimum Gasteiger partial charge on any atom is -0.377 e. The van der Waals surface area contributed by atoms with Crippen molar-refractivity contribution in [3.8, 4) is 0 Å². The van der Waals surface area contributed by atoms with Gasteiger partial charge in [-0.3, -0.25) is 4.90 Å². The van der Waals surface area contributed by atoms with Crippen molar-refractivity contribution in [2.75, 3.05) is 26.7 Å². The van der Waals surface area contributed by atoms with E-state index >= 15 is 0 Å². The molecule has 2 N–H and O–H groups in total. The van der Waals surface area contributed by atoms with Crippen molar-refractivity contribution < 1.29 is 4.74 Å². The van der Waals surface area contributed by atoms with Gasteiger partial charge in [0.1, 0.15) is 0 Å². The number of benzene rings is 1. The van der Waals surface area contributed by atoms with Crippen LogP contribution in [0.5, 0.6) is 0 Å². The zero-order chi connectivity index (χ0) is 13.9. The van der Waals surface area contributed by atoms with E-state index < -0.39 is 0 Å². The van der Waals surface area contributed by atoms with Crippen LogP contribution in [0.4, 0.5) is 0 Å². The lowest BCUT2D eigenvalue weighted by Crippen LogP contribution is -2.49. The molecule has 0 aromatic heterocycles. The minimum absolute atomic E-state index is 0.00868. The average molecular weight is 262 g/mol. The molecule has 1 aromatic carbocycles. The monoisotopic (exact) mass is 262 g/mol. The molecule has 0 spiro atoms. The van der Waals surface area contributed by atoms with E-state index in [1.54, 1.807) is 0 Å². The summed E-state index contributed by atoms with van der Waals surface area (Å²) in [4.78, 5) is 2.43. The van der Waals surface area contributed by atoms with Crippen LogP contribution < -0.4 is 5.73 Å². The summed E-state index contributed by atoms with van der Waals surface area (Å²) >= 11 is 0. The molecule has 2 unspecified atom stereocenters. The van der Waals surface area contributed by atoms with Gasteiger partial charge in [-0.25, -0.2) is 0 Å². The van der Waals surface area contributed by atoms with E-state index in [2.05, 4.69) is 43.0 Å². The van der Waals surface area contributed by atoms with Gasteiger partial charge in [0.25, 0.3) is 0 Å². The van der Waals surface area contributed by atoms with E-state index in [0.29, 0.717) is 0 Å². The lowest BCUT2D eigenvalue weighted by Gasteiger charge is -2.40. The van der Waals surface area contributed by atoms with Crippen LogP contribution in [-0.2, 0) is 4.74 Å². The summed E-state index contributed by atoms with van der Waals surface area (Å²) in [7, 11) is 1.81. The van der Waals surface area contributed by atoms with Crippen LogP contribution in [0.15, 0.2) is 24.3 Å². The number of aryl methyl sites for hydroxylation is 1. The van der Waals surface area contributed by atoms with Crippen molar-refractivity contribution in [3.05, 3.63) is 35.4 Å². The second kappa shape index (κ2) is 6.04. The third kappa shape index (κ3) is 3.78. The van der Waals surface area contributed by atoms with E-state index in [-0.39, 0.29) is 11.6 Å². The lowest BCUT2D eigenvalue weighted by atomic mass is 9.94. The number of piperidine rings is 1. The molecule has 2 atom stereocenters. The lowest BCUT2D eigenvalue weighted by molar-refractivity contribution is -0.0516. The predicted molar refractivity (Wildman–Crippen MR) is 79.2 cm³/mol. The Labute approximate surface area is 116 Å². The van der Waals surface area contributed by atoms with E-state index in [1.807, 2.05) is 7.11 Å². The number of hydrogen-bond acceptors (Lipinski definition) is 3. The van der Waals surface area contributed by atoms with Crippen LogP contribution >= 0.6 is 0 Å². The minimum atomic E-state index is -0.00868. The zero-order valence-electron chi connectivity index (χ0n) is 12.4. The van der Waals surface area contributed by atoms with Gasteiger partial charge >= 0.3 is 0 Å². The zero-order valence-corrected chi connectivity index (χ0v) is 12.4. The second-order valence-corrected chi connectivity index (χ2v) is 6.01. The standard InChI is InChI=1S/C16H26N2O/c1-13-5-7-14(8-6-13)15(17)11-18-10-4-9-16(2,12-18)19-3/h5-8,15H,4,9-12,17H2,1-3H3. The highest BCUT2D eigenvalue weighted by molar-refractivity contribution is 5.24. The Bertz CT molecular complexity index is 404. The van der Waals surface area contributed by atoms with Gasteiger partial charge in [0.15, 0.2) is 0 Å². The third-order valence-corrected chi connectivity index (χ3v) is 4.19. The number of nitrogens with zero attached hydrogens (tertiary/aromatic N) is 1. The fourth-order valence-corrected chi connectivity index (χ4v) is 2.83. The predicted octanol–water partition coefficient (Wildman–Crippen LogP) is 2.50. The molecule has 0 aliphatic carbocycles. The van der Waals surface area contributed by atoms with Crippen LogP contribution in [0.25, 0.3) is 0 Å². The molecule has 0 bridgehead atoms. The van der Waals surface area contributed by atoms with Gasteiger partial charge in [-0.2, -0.15) is 0 Å². The molecule has 1 aliphatic rings. The highest BCUT2D eigenvalue weighted by Gasteiger charge is 2.31. The maximum absolute atomic E-state index is 6.32. The summed E-state index contributed by atoms with van der Waals surface area (Å²) in [5, 5.41) is 0. The van der Waals surface area contributed by atoms with Crippen molar-refractivity contribution in [2.45, 2.75) is 38.3 Å². The van der Waals surface area contributed by atoms with E-state index in [1.165, 1.54) is 17.5 Å². The smallest absolute Gasteiger partial charge is 0.0777 e. The van der Waals surface area contributed by atoms with Crippen LogP contribution in [-0.4, -0.2) is 37.2 Å². The maximum Gasteiger partial charge on any atom is 0.0777 e. The first-order chi connectivity index (χ1) is 9.02. The highest BCUT2D eigenvalue weighted by atomic mass is 16.5. The summed E-state index contributed by atoms with van der Waals surface area (Å²) in [5.41, 5.74) is 8.81. The van der Waals surface area contributed by atoms with Gasteiger partial charge in [-0.1, -0.05) is 29.8 Å². The highest BCUT2D eigenvalue weighted by Crippen LogP contribution is 2.25. The quantitative estimate of drug-likeness (QED) is 0.906. The fraction of sp³-hybridized carbons (Fsp3) is 0.625. The molecule has 0 amide bonds. The second-order valence-electron chi connectivity index (χ2n) is 6.01. The van der Waals surface area contributed by atoms with Crippen LogP contribution in [0.3, 0.4) is 0 Å². The van der Waals surface area contributed by atoms with Gasteiger partial charge in [-0.15, -0.1) is 0 Å². The summed E-state index contributed by atoms with van der Waals surface area (Å²) in [6.45, 7) is 7.30. The summed E-state index contributed by atoms with van der Waals surface area (Å²) in [6, 6.07) is 8.62. The number of rotatable bonds is 4. The Morgan fingerprint density at radius 1 is 1.37 bits per heavy atom. The van der Waals surface area contributed by atoms with Crippen LogP contribution in [0.2, 0.25) is 0 Å². The van der Waals surface area contributed by atoms with Crippen molar-refractivity contribution in [2.24, 2.45) is 5.73 Å². The molecule has 3 heteroatoms. The number of methoxy groups -OCH3 is 1. The van der Waals surface area contributed by atoms with Crippen molar-refractivity contribution in [1.29, 1.82) is 0 Å². The number of hydrogen-bond donors (Lipinski definition) is 1. The Kier molecular flexibility index (Phi) is 4.61. The Hall–Kier alpha value is -0.900. The SMILES string of the molecule is COC1(C)CCCN(CC(N)c2ccc(C)cc2)C1. The van der Waals surface area contributed by atoms with Gasteiger partial charge < -0.3 is 10.5 Å². The Morgan fingerprint density at radius 2 is 2.05 bits per heavy atom. The van der Waals surface area contributed by atoms with E-state index in [4.69, 9.17) is 10.5 Å². The molecular formula is C16H26N2O. The molecule has 1 aliphatic heterocycles. The maximum atomic E-state index is 6.32. The first-order valence-electron chi connectivity index (χ1n) is 7.12. The molecule has 1 heterocycles. The fourth-order valence-electron chi connectivity index (χ4n) is 2.83. The van der Waals surface area contributed by atoms with E-state index in [0.717, 1.165) is 26.1 Å². The average Bonchev–Trinajstić information content (AvgIpc) is 2.39. The van der Waals surface area contributed by atoms with Gasteiger partial charge in [0.2, 0.25) is 0 Å². The largest absolute Gasteiger partial charge is 0.377 e. The summed E-state index contributed by atoms with van der Waals surface area (Å²) in [5.74, 6) is 0. The molecular weight excluding hydrogens is 236 g/mol. The molecule has 106 valence electrons. The number of nitrogens with two attached hydrogens (primary N) is 1. The summed E-state index contributed by atoms with van der Waals surface area (Å²) in [6.07, 6.45) is 2.32. The molecule has 0 saturated carbocycles. The number of likely N-dealkylation sites (tertiary alicyclic amines) is 1. The first kappa shape index (κ1) is 14.5. The number of ether oxygens (including phenoxy) is 1. The molecule has 19 heavy (non-hydrogen) atoms. The topological polar surface area (TPSA) is 38.5 Å². The van der Waals surface area contributed by atoms with Crippen molar-refractivity contribution >= 4 is 0 Å². The third-order valence-electron chi connectivity index (χ3n) is 4.19. The molecule has 3 nitrogen and oxygen atoms in total. The Morgan fingerprint density at radius 3 is 2.68 bits per heavy atom. The van der Waals surface area contributed by atoms with Gasteiger partial charge in [0.05, 0.1) is 5.60 Å². The molecule has 0 radical (unpaired) electrons. The normalized spacial score (nSPS) is 26.3. The van der Waals surface area contributed by atoms with Gasteiger partial charge in [0, 0.05) is 26.2 Å². The van der Waals surface area contributed by atoms with Gasteiger partial charge in [-0.05, 0) is 38.8 Å². The molecule has 1 saturated heterocycles. The molecule has 1 aromatic rings. The Balaban J connectivity index is 1.95. The van der Waals surface area contributed by atoms with Crippen molar-refractivity contribution in [3.63, 3.8) is 0 Å². The molecule has 2 rings (SSSR count).